The van der Waals surface area contributed by atoms with E-state index in [4.69, 9.17) is 4.74 Å². The summed E-state index contributed by atoms with van der Waals surface area (Å²) in [6.07, 6.45) is 0. The molecule has 1 atom stereocenters. The van der Waals surface area contributed by atoms with Crippen LogP contribution in [-0.2, 0) is 6.54 Å². The molecular weight excluding hydrogens is 298 g/mol. The van der Waals surface area contributed by atoms with Crippen molar-refractivity contribution >= 4 is 22.8 Å². The van der Waals surface area contributed by atoms with Crippen molar-refractivity contribution in [2.24, 2.45) is 0 Å². The minimum atomic E-state index is 0.284. The minimum absolute atomic E-state index is 0.284. The minimum Gasteiger partial charge on any atom is -0.633 e. The molecule has 6 heteroatoms. The molecule has 0 bridgehead atoms. The van der Waals surface area contributed by atoms with Gasteiger partial charge in [-0.2, -0.15) is 0 Å². The molecule has 5 nitrogen and oxygen atoms in total. The molecule has 0 aliphatic carbocycles. The lowest BCUT2D eigenvalue weighted by Crippen LogP contribution is -3.05. The van der Waals surface area contributed by atoms with Crippen LogP contribution in [0.5, 0.6) is 5.75 Å². The van der Waals surface area contributed by atoms with Gasteiger partial charge in [0.1, 0.15) is 24.0 Å². The first-order valence-corrected chi connectivity index (χ1v) is 8.03. The van der Waals surface area contributed by atoms with Crippen LogP contribution in [0.1, 0.15) is 5.56 Å². The zero-order valence-corrected chi connectivity index (χ0v) is 12.9. The smallest absolute Gasteiger partial charge is 0.138 e. The van der Waals surface area contributed by atoms with Crippen molar-refractivity contribution in [2.45, 2.75) is 11.4 Å². The largest absolute Gasteiger partial charge is 0.633 e. The number of methoxy groups -OCH3 is 1. The number of hydrogen-bond acceptors (Lipinski definition) is 4. The van der Waals surface area contributed by atoms with Crippen molar-refractivity contribution in [3.8, 4) is 17.1 Å². The third-order valence-electron chi connectivity index (χ3n) is 3.80. The Kier molecular flexibility index (Phi) is 3.29. The molecule has 2 heterocycles. The fourth-order valence-corrected chi connectivity index (χ4v) is 3.59. The lowest BCUT2D eigenvalue weighted by molar-refractivity contribution is -0.849. The van der Waals surface area contributed by atoms with Gasteiger partial charge in [-0.3, -0.25) is 0 Å². The number of aromatic nitrogens is 2. The highest BCUT2D eigenvalue weighted by molar-refractivity contribution is 7.99. The van der Waals surface area contributed by atoms with Crippen molar-refractivity contribution in [3.63, 3.8) is 0 Å². The number of hydrogen-bond donors (Lipinski definition) is 2. The summed E-state index contributed by atoms with van der Waals surface area (Å²) in [6.45, 7) is 0.523. The number of hydroxylamine groups is 2. The Balaban J connectivity index is 1.76. The van der Waals surface area contributed by atoms with E-state index in [-0.39, 0.29) is 5.06 Å². The lowest BCUT2D eigenvalue weighted by Gasteiger charge is -2.27. The van der Waals surface area contributed by atoms with Crippen LogP contribution in [-0.4, -0.2) is 23.0 Å². The van der Waals surface area contributed by atoms with Crippen molar-refractivity contribution < 1.29 is 9.80 Å². The number of thioether (sulfide) groups is 1. The highest BCUT2D eigenvalue weighted by Gasteiger charge is 2.17. The summed E-state index contributed by atoms with van der Waals surface area (Å²) < 4.78 is 5.18. The number of aromatic amines is 1. The molecule has 22 heavy (non-hydrogen) atoms. The van der Waals surface area contributed by atoms with Crippen LogP contribution >= 0.6 is 11.8 Å². The molecule has 112 valence electrons. The number of nitrogens with zero attached hydrogens (tertiary/aromatic N) is 1. The summed E-state index contributed by atoms with van der Waals surface area (Å²) in [6, 6.07) is 11.9. The number of fused-ring (bicyclic) bond motifs is 2. The summed E-state index contributed by atoms with van der Waals surface area (Å²) in [4.78, 5) is 9.18. The maximum absolute atomic E-state index is 11.6. The fourth-order valence-electron chi connectivity index (χ4n) is 2.66. The average molecular weight is 313 g/mol. The van der Waals surface area contributed by atoms with Crippen LogP contribution in [0.2, 0.25) is 0 Å². The molecule has 0 amide bonds. The van der Waals surface area contributed by atoms with Gasteiger partial charge in [-0.1, -0.05) is 11.8 Å². The standard InChI is InChI=1S/C16H15N3O2S/c1-21-12-4-2-10(3-5-12)16-17-13-6-11-8-19(20)9-22-15(11)7-14(13)18-16/h2-7,19H,8-9H2,1H3,(H,17,18). The first-order chi connectivity index (χ1) is 10.7. The van der Waals surface area contributed by atoms with Crippen molar-refractivity contribution in [3.05, 3.63) is 47.2 Å². The Labute approximate surface area is 131 Å². The molecule has 0 spiro atoms. The summed E-state index contributed by atoms with van der Waals surface area (Å²) >= 11 is 1.60. The van der Waals surface area contributed by atoms with Gasteiger partial charge < -0.3 is 20.0 Å². The van der Waals surface area contributed by atoms with E-state index < -0.39 is 0 Å². The molecule has 1 unspecified atom stereocenters. The van der Waals surface area contributed by atoms with E-state index >= 15 is 0 Å². The number of ether oxygens (including phenoxy) is 1. The maximum atomic E-state index is 11.6. The SMILES string of the molecule is COc1ccc(-c2nc3cc4c(cc3[nH]2)C[NH+]([O-])CS4)cc1. The molecule has 1 aromatic heterocycles. The Hall–Kier alpha value is -2.02. The third kappa shape index (κ3) is 2.35. The van der Waals surface area contributed by atoms with E-state index in [1.54, 1.807) is 18.9 Å². The monoisotopic (exact) mass is 313 g/mol. The zero-order chi connectivity index (χ0) is 15.1. The number of rotatable bonds is 2. The van der Waals surface area contributed by atoms with Crippen LogP contribution in [0.15, 0.2) is 41.3 Å². The number of nitrogens with one attached hydrogen (secondary N) is 2. The Morgan fingerprint density at radius 3 is 2.86 bits per heavy atom. The van der Waals surface area contributed by atoms with Gasteiger partial charge in [0.2, 0.25) is 0 Å². The highest BCUT2D eigenvalue weighted by atomic mass is 32.2. The topological polar surface area (TPSA) is 65.4 Å². The van der Waals surface area contributed by atoms with E-state index in [1.807, 2.05) is 24.3 Å². The van der Waals surface area contributed by atoms with Crippen molar-refractivity contribution in [2.75, 3.05) is 13.0 Å². The van der Waals surface area contributed by atoms with E-state index in [2.05, 4.69) is 22.1 Å². The van der Waals surface area contributed by atoms with Crippen LogP contribution in [0.3, 0.4) is 0 Å². The molecular formula is C16H15N3O2S. The van der Waals surface area contributed by atoms with Crippen LogP contribution < -0.4 is 9.80 Å². The first-order valence-electron chi connectivity index (χ1n) is 7.04. The van der Waals surface area contributed by atoms with Gasteiger partial charge in [0, 0.05) is 16.0 Å². The molecule has 0 radical (unpaired) electrons. The molecule has 0 saturated carbocycles. The van der Waals surface area contributed by atoms with Gasteiger partial charge in [-0.15, -0.1) is 0 Å². The number of H-pyrrole nitrogens is 1. The Bertz CT molecular complexity index is 829. The Morgan fingerprint density at radius 2 is 2.09 bits per heavy atom. The lowest BCUT2D eigenvalue weighted by atomic mass is 10.2. The second kappa shape index (κ2) is 5.31. The summed E-state index contributed by atoms with van der Waals surface area (Å²) in [5.74, 6) is 2.22. The van der Waals surface area contributed by atoms with Crippen LogP contribution in [0.4, 0.5) is 0 Å². The zero-order valence-electron chi connectivity index (χ0n) is 12.1. The second-order valence-electron chi connectivity index (χ2n) is 5.30. The summed E-state index contributed by atoms with van der Waals surface area (Å²) in [5, 5.41) is 11.9. The summed E-state index contributed by atoms with van der Waals surface area (Å²) in [7, 11) is 1.65. The van der Waals surface area contributed by atoms with Crippen LogP contribution in [0.25, 0.3) is 22.4 Å². The molecule has 0 saturated heterocycles. The second-order valence-corrected chi connectivity index (χ2v) is 6.31. The van der Waals surface area contributed by atoms with Crippen LogP contribution in [0, 0.1) is 5.21 Å². The van der Waals surface area contributed by atoms with E-state index in [0.29, 0.717) is 12.4 Å². The third-order valence-corrected chi connectivity index (χ3v) is 4.96. The normalized spacial score (nSPS) is 17.5. The van der Waals surface area contributed by atoms with Gasteiger partial charge in [-0.25, -0.2) is 4.98 Å². The quantitative estimate of drug-likeness (QED) is 0.712. The molecule has 2 aromatic carbocycles. The van der Waals surface area contributed by atoms with Gasteiger partial charge in [0.25, 0.3) is 0 Å². The maximum Gasteiger partial charge on any atom is 0.138 e. The highest BCUT2D eigenvalue weighted by Crippen LogP contribution is 2.30. The predicted octanol–water partition coefficient (Wildman–Crippen LogP) is 2.18. The van der Waals surface area contributed by atoms with Gasteiger partial charge >= 0.3 is 0 Å². The van der Waals surface area contributed by atoms with Gasteiger partial charge in [0.05, 0.1) is 18.1 Å². The predicted molar refractivity (Wildman–Crippen MR) is 86.8 cm³/mol. The first kappa shape index (κ1) is 13.6. The number of quaternary nitrogens is 1. The van der Waals surface area contributed by atoms with Gasteiger partial charge in [-0.05, 0) is 36.4 Å². The number of imidazole rings is 1. The van der Waals surface area contributed by atoms with Crippen molar-refractivity contribution in [1.29, 1.82) is 0 Å². The van der Waals surface area contributed by atoms with Crippen molar-refractivity contribution in [1.82, 2.24) is 9.97 Å². The molecule has 2 N–H and O–H groups in total. The van der Waals surface area contributed by atoms with E-state index in [1.165, 1.54) is 4.90 Å². The summed E-state index contributed by atoms with van der Waals surface area (Å²) in [5.41, 5.74) is 4.02. The van der Waals surface area contributed by atoms with Gasteiger partial charge in [0.15, 0.2) is 0 Å². The average Bonchev–Trinajstić information content (AvgIpc) is 2.95. The molecule has 1 aliphatic heterocycles. The Morgan fingerprint density at radius 1 is 1.27 bits per heavy atom. The number of benzene rings is 2. The molecule has 3 aromatic rings. The molecule has 1 aliphatic rings. The molecule has 4 rings (SSSR count). The molecule has 0 fully saturated rings. The van der Waals surface area contributed by atoms with E-state index in [0.717, 1.165) is 33.7 Å². The van der Waals surface area contributed by atoms with E-state index in [9.17, 15) is 5.21 Å². The fraction of sp³-hybridized carbons (Fsp3) is 0.188.